The van der Waals surface area contributed by atoms with Crippen LogP contribution in [-0.2, 0) is 6.42 Å². The second kappa shape index (κ2) is 8.15. The predicted octanol–water partition coefficient (Wildman–Crippen LogP) is 4.86. The number of hydrogen-bond donors (Lipinski definition) is 0. The molecule has 4 heteroatoms. The molecule has 2 heterocycles. The van der Waals surface area contributed by atoms with E-state index in [1.54, 1.807) is 0 Å². The number of hydrogen-bond acceptors (Lipinski definition) is 4. The number of para-hydroxylation sites is 1. The van der Waals surface area contributed by atoms with Crippen molar-refractivity contribution in [3.63, 3.8) is 0 Å². The molecule has 1 saturated heterocycles. The monoisotopic (exact) mass is 394 g/mol. The highest BCUT2D eigenvalue weighted by atomic mass is 15.3. The summed E-state index contributed by atoms with van der Waals surface area (Å²) in [5, 5.41) is 11.8. The molecule has 3 aromatic carbocycles. The van der Waals surface area contributed by atoms with Crippen molar-refractivity contribution in [2.24, 2.45) is 0 Å². The molecule has 4 nitrogen and oxygen atoms in total. The molecule has 0 unspecified atom stereocenters. The first kappa shape index (κ1) is 18.6. The molecule has 1 aliphatic heterocycles. The van der Waals surface area contributed by atoms with Crippen molar-refractivity contribution >= 4 is 22.3 Å². The Morgan fingerprint density at radius 3 is 2.07 bits per heavy atom. The Bertz CT molecular complexity index is 1150. The number of aryl methyl sites for hydroxylation is 1. The van der Waals surface area contributed by atoms with Gasteiger partial charge in [0.2, 0.25) is 0 Å². The Kier molecular flexibility index (Phi) is 5.06. The van der Waals surface area contributed by atoms with Gasteiger partial charge in [-0.3, -0.25) is 0 Å². The fraction of sp³-hybridized carbons (Fsp3) is 0.231. The van der Waals surface area contributed by atoms with Crippen LogP contribution in [0.1, 0.15) is 16.8 Å². The maximum absolute atomic E-state index is 4.70. The largest absolute Gasteiger partial charge is 0.368 e. The predicted molar refractivity (Wildman–Crippen MR) is 124 cm³/mol. The molecule has 5 rings (SSSR count). The van der Waals surface area contributed by atoms with Crippen LogP contribution in [-0.4, -0.2) is 36.4 Å². The molecule has 0 bridgehead atoms. The lowest BCUT2D eigenvalue weighted by atomic mass is 10.0. The zero-order valence-corrected chi connectivity index (χ0v) is 17.3. The van der Waals surface area contributed by atoms with Gasteiger partial charge >= 0.3 is 0 Å². The molecule has 0 atom stereocenters. The molecule has 0 aliphatic carbocycles. The molecule has 0 amide bonds. The highest BCUT2D eigenvalue weighted by Crippen LogP contribution is 2.29. The third-order valence-corrected chi connectivity index (χ3v) is 5.99. The summed E-state index contributed by atoms with van der Waals surface area (Å²) in [5.41, 5.74) is 4.98. The van der Waals surface area contributed by atoms with Crippen molar-refractivity contribution in [3.8, 4) is 0 Å². The first-order valence-corrected chi connectivity index (χ1v) is 10.6. The Morgan fingerprint density at radius 2 is 1.30 bits per heavy atom. The zero-order valence-electron chi connectivity index (χ0n) is 17.3. The molecule has 1 aliphatic rings. The van der Waals surface area contributed by atoms with Gasteiger partial charge in [0, 0.05) is 49.1 Å². The summed E-state index contributed by atoms with van der Waals surface area (Å²) in [4.78, 5) is 4.86. The summed E-state index contributed by atoms with van der Waals surface area (Å²) < 4.78 is 0. The number of anilines is 2. The molecule has 30 heavy (non-hydrogen) atoms. The normalized spacial score (nSPS) is 14.3. The van der Waals surface area contributed by atoms with E-state index in [1.165, 1.54) is 27.6 Å². The van der Waals surface area contributed by atoms with Crippen molar-refractivity contribution in [2.75, 3.05) is 36.0 Å². The SMILES string of the molecule is Cc1ccccc1N1CCN(c2nnc(Cc3ccccc3)c3ccccc23)CC1. The Hall–Kier alpha value is -3.40. The number of fused-ring (bicyclic) bond motifs is 1. The van der Waals surface area contributed by atoms with Crippen LogP contribution in [0.3, 0.4) is 0 Å². The lowest BCUT2D eigenvalue weighted by Gasteiger charge is -2.37. The van der Waals surface area contributed by atoms with Crippen molar-refractivity contribution in [2.45, 2.75) is 13.3 Å². The molecular weight excluding hydrogens is 368 g/mol. The molecule has 150 valence electrons. The number of piperazine rings is 1. The van der Waals surface area contributed by atoms with E-state index < -0.39 is 0 Å². The average Bonchev–Trinajstić information content (AvgIpc) is 2.81. The van der Waals surface area contributed by atoms with Gasteiger partial charge in [-0.25, -0.2) is 0 Å². The number of nitrogens with zero attached hydrogens (tertiary/aromatic N) is 4. The third-order valence-electron chi connectivity index (χ3n) is 5.99. The summed E-state index contributed by atoms with van der Waals surface area (Å²) in [5.74, 6) is 1.01. The van der Waals surface area contributed by atoms with Gasteiger partial charge in [-0.05, 0) is 24.1 Å². The molecular formula is C26H26N4. The smallest absolute Gasteiger partial charge is 0.159 e. The molecule has 0 saturated carbocycles. The van der Waals surface area contributed by atoms with Crippen LogP contribution < -0.4 is 9.80 Å². The van der Waals surface area contributed by atoms with Gasteiger partial charge in [0.1, 0.15) is 0 Å². The minimum Gasteiger partial charge on any atom is -0.368 e. The van der Waals surface area contributed by atoms with Crippen molar-refractivity contribution < 1.29 is 0 Å². The highest BCUT2D eigenvalue weighted by molar-refractivity contribution is 5.93. The number of benzene rings is 3. The summed E-state index contributed by atoms with van der Waals surface area (Å²) in [6.07, 6.45) is 0.801. The maximum atomic E-state index is 4.70. The standard InChI is InChI=1S/C26H26N4/c1-20-9-5-8-14-25(20)29-15-17-30(18-16-29)26-23-13-7-6-12-22(23)24(27-28-26)19-21-10-3-2-4-11-21/h2-14H,15-19H2,1H3. The molecule has 1 fully saturated rings. The maximum Gasteiger partial charge on any atom is 0.159 e. The fourth-order valence-corrected chi connectivity index (χ4v) is 4.38. The Labute approximate surface area is 177 Å². The van der Waals surface area contributed by atoms with E-state index in [-0.39, 0.29) is 0 Å². The summed E-state index contributed by atoms with van der Waals surface area (Å²) in [6, 6.07) is 27.7. The second-order valence-corrected chi connectivity index (χ2v) is 7.94. The summed E-state index contributed by atoms with van der Waals surface area (Å²) >= 11 is 0. The number of aromatic nitrogens is 2. The van der Waals surface area contributed by atoms with Crippen LogP contribution in [0.2, 0.25) is 0 Å². The molecule has 0 spiro atoms. The zero-order chi connectivity index (χ0) is 20.3. The van der Waals surface area contributed by atoms with Crippen LogP contribution in [0.5, 0.6) is 0 Å². The molecule has 4 aromatic rings. The van der Waals surface area contributed by atoms with E-state index >= 15 is 0 Å². The topological polar surface area (TPSA) is 32.3 Å². The van der Waals surface area contributed by atoms with Crippen molar-refractivity contribution in [3.05, 3.63) is 95.7 Å². The Morgan fingerprint density at radius 1 is 0.667 bits per heavy atom. The van der Waals surface area contributed by atoms with Crippen LogP contribution >= 0.6 is 0 Å². The van der Waals surface area contributed by atoms with E-state index in [0.29, 0.717) is 0 Å². The molecule has 1 aromatic heterocycles. The summed E-state index contributed by atoms with van der Waals surface area (Å²) in [6.45, 7) is 6.07. The van der Waals surface area contributed by atoms with Gasteiger partial charge in [0.15, 0.2) is 5.82 Å². The van der Waals surface area contributed by atoms with Crippen LogP contribution in [0.15, 0.2) is 78.9 Å². The Balaban J connectivity index is 1.41. The lowest BCUT2D eigenvalue weighted by Crippen LogP contribution is -2.47. The van der Waals surface area contributed by atoms with Gasteiger partial charge in [0.25, 0.3) is 0 Å². The van der Waals surface area contributed by atoms with Crippen molar-refractivity contribution in [1.82, 2.24) is 10.2 Å². The van der Waals surface area contributed by atoms with E-state index in [1.807, 2.05) is 6.07 Å². The third kappa shape index (κ3) is 3.61. The van der Waals surface area contributed by atoms with Gasteiger partial charge in [0.05, 0.1) is 5.69 Å². The average molecular weight is 395 g/mol. The highest BCUT2D eigenvalue weighted by Gasteiger charge is 2.22. The van der Waals surface area contributed by atoms with Crippen LogP contribution in [0.4, 0.5) is 11.5 Å². The molecule has 0 N–H and O–H groups in total. The summed E-state index contributed by atoms with van der Waals surface area (Å²) in [7, 11) is 0. The van der Waals surface area contributed by atoms with Crippen LogP contribution in [0, 0.1) is 6.92 Å². The second-order valence-electron chi connectivity index (χ2n) is 7.94. The first-order chi connectivity index (χ1) is 14.8. The molecule has 0 radical (unpaired) electrons. The van der Waals surface area contributed by atoms with Gasteiger partial charge in [-0.1, -0.05) is 72.8 Å². The fourth-order valence-electron chi connectivity index (χ4n) is 4.38. The van der Waals surface area contributed by atoms with E-state index in [2.05, 4.69) is 94.6 Å². The lowest BCUT2D eigenvalue weighted by molar-refractivity contribution is 0.644. The van der Waals surface area contributed by atoms with Crippen molar-refractivity contribution in [1.29, 1.82) is 0 Å². The first-order valence-electron chi connectivity index (χ1n) is 10.6. The van der Waals surface area contributed by atoms with Gasteiger partial charge < -0.3 is 9.80 Å². The van der Waals surface area contributed by atoms with Crippen LogP contribution in [0.25, 0.3) is 10.8 Å². The minimum atomic E-state index is 0.801. The van der Waals surface area contributed by atoms with E-state index in [0.717, 1.165) is 44.1 Å². The van der Waals surface area contributed by atoms with Gasteiger partial charge in [-0.15, -0.1) is 5.10 Å². The van der Waals surface area contributed by atoms with E-state index in [9.17, 15) is 0 Å². The quantitative estimate of drug-likeness (QED) is 0.495. The number of rotatable bonds is 4. The minimum absolute atomic E-state index is 0.801. The van der Waals surface area contributed by atoms with Gasteiger partial charge in [-0.2, -0.15) is 5.10 Å². The van der Waals surface area contributed by atoms with E-state index in [4.69, 9.17) is 5.10 Å².